The van der Waals surface area contributed by atoms with Crippen LogP contribution in [-0.4, -0.2) is 0 Å². The third-order valence-corrected chi connectivity index (χ3v) is 2.88. The van der Waals surface area contributed by atoms with Gasteiger partial charge in [0.05, 0.1) is 0 Å². The molecule has 0 heteroatoms. The van der Waals surface area contributed by atoms with E-state index in [-0.39, 0.29) is 5.41 Å². The van der Waals surface area contributed by atoms with E-state index in [9.17, 15) is 0 Å². The highest BCUT2D eigenvalue weighted by Gasteiger charge is 2.22. The number of allylic oxidation sites excluding steroid dienone is 2. The molecule has 0 N–H and O–H groups in total. The standard InChI is InChI=1S/C14H18/c1-14(2,3)13-10-6-8-11-7-4-5-9-12(11)13/h4-5,7,9-10H,6,8H2,1-3H3. The lowest BCUT2D eigenvalue weighted by Crippen LogP contribution is -2.12. The van der Waals surface area contributed by atoms with Crippen molar-refractivity contribution in [3.63, 3.8) is 0 Å². The summed E-state index contributed by atoms with van der Waals surface area (Å²) in [6, 6.07) is 8.80. The second-order valence-electron chi connectivity index (χ2n) is 5.06. The maximum atomic E-state index is 2.41. The fraction of sp³-hybridized carbons (Fsp3) is 0.429. The van der Waals surface area contributed by atoms with E-state index < -0.39 is 0 Å². The zero-order valence-corrected chi connectivity index (χ0v) is 9.30. The summed E-state index contributed by atoms with van der Waals surface area (Å²) in [6.45, 7) is 6.88. The molecule has 0 amide bonds. The van der Waals surface area contributed by atoms with Crippen molar-refractivity contribution >= 4 is 5.57 Å². The third-order valence-electron chi connectivity index (χ3n) is 2.88. The van der Waals surface area contributed by atoms with Gasteiger partial charge in [-0.2, -0.15) is 0 Å². The van der Waals surface area contributed by atoms with Crippen molar-refractivity contribution < 1.29 is 0 Å². The molecule has 2 rings (SSSR count). The summed E-state index contributed by atoms with van der Waals surface area (Å²) in [7, 11) is 0. The predicted octanol–water partition coefficient (Wildman–Crippen LogP) is 4.06. The van der Waals surface area contributed by atoms with Gasteiger partial charge in [0.1, 0.15) is 0 Å². The van der Waals surface area contributed by atoms with Crippen molar-refractivity contribution in [3.8, 4) is 0 Å². The molecule has 0 fully saturated rings. The molecule has 0 aromatic heterocycles. The van der Waals surface area contributed by atoms with Gasteiger partial charge in [0.2, 0.25) is 0 Å². The molecule has 1 aromatic carbocycles. The fourth-order valence-corrected chi connectivity index (χ4v) is 2.19. The topological polar surface area (TPSA) is 0 Å². The molecule has 0 nitrogen and oxygen atoms in total. The quantitative estimate of drug-likeness (QED) is 0.573. The Kier molecular flexibility index (Phi) is 2.22. The predicted molar refractivity (Wildman–Crippen MR) is 62.2 cm³/mol. The Morgan fingerprint density at radius 1 is 1.07 bits per heavy atom. The molecule has 0 heterocycles. The van der Waals surface area contributed by atoms with Gasteiger partial charge in [-0.05, 0) is 35.0 Å². The SMILES string of the molecule is CC(C)(C)C1=CCCc2ccccc21. The Morgan fingerprint density at radius 3 is 2.50 bits per heavy atom. The third kappa shape index (κ3) is 1.61. The second-order valence-corrected chi connectivity index (χ2v) is 5.06. The first-order valence-electron chi connectivity index (χ1n) is 5.38. The van der Waals surface area contributed by atoms with Gasteiger partial charge in [0, 0.05) is 0 Å². The van der Waals surface area contributed by atoms with E-state index in [1.807, 2.05) is 0 Å². The molecular formula is C14H18. The summed E-state index contributed by atoms with van der Waals surface area (Å²) < 4.78 is 0. The van der Waals surface area contributed by atoms with Gasteiger partial charge in [-0.25, -0.2) is 0 Å². The average molecular weight is 186 g/mol. The minimum absolute atomic E-state index is 0.274. The lowest BCUT2D eigenvalue weighted by atomic mass is 9.77. The molecule has 1 aromatic rings. The van der Waals surface area contributed by atoms with Gasteiger partial charge in [0.25, 0.3) is 0 Å². The van der Waals surface area contributed by atoms with E-state index >= 15 is 0 Å². The van der Waals surface area contributed by atoms with E-state index in [0.717, 1.165) is 0 Å². The molecule has 0 atom stereocenters. The summed E-state index contributed by atoms with van der Waals surface area (Å²) in [4.78, 5) is 0. The zero-order valence-electron chi connectivity index (χ0n) is 9.30. The van der Waals surface area contributed by atoms with Gasteiger partial charge < -0.3 is 0 Å². The molecule has 0 saturated heterocycles. The monoisotopic (exact) mass is 186 g/mol. The van der Waals surface area contributed by atoms with Crippen molar-refractivity contribution in [2.45, 2.75) is 33.6 Å². The minimum atomic E-state index is 0.274. The largest absolute Gasteiger partial charge is 0.0798 e. The summed E-state index contributed by atoms with van der Waals surface area (Å²) in [5.74, 6) is 0. The fourth-order valence-electron chi connectivity index (χ4n) is 2.19. The normalized spacial score (nSPS) is 16.1. The Balaban J connectivity index is 2.51. The van der Waals surface area contributed by atoms with Crippen LogP contribution in [0.1, 0.15) is 38.3 Å². The second kappa shape index (κ2) is 3.27. The van der Waals surface area contributed by atoms with Crippen LogP contribution in [0.2, 0.25) is 0 Å². The van der Waals surface area contributed by atoms with Crippen LogP contribution in [0.4, 0.5) is 0 Å². The molecule has 74 valence electrons. The van der Waals surface area contributed by atoms with Gasteiger partial charge in [0.15, 0.2) is 0 Å². The maximum absolute atomic E-state index is 2.41. The first kappa shape index (κ1) is 9.51. The van der Waals surface area contributed by atoms with Crippen molar-refractivity contribution in [2.24, 2.45) is 5.41 Å². The lowest BCUT2D eigenvalue weighted by molar-refractivity contribution is 0.562. The molecule has 1 aliphatic rings. The highest BCUT2D eigenvalue weighted by atomic mass is 14.3. The van der Waals surface area contributed by atoms with Crippen LogP contribution >= 0.6 is 0 Å². The molecule has 0 saturated carbocycles. The smallest absolute Gasteiger partial charge is 0.0129 e. The molecule has 0 spiro atoms. The maximum Gasteiger partial charge on any atom is -0.0129 e. The van der Waals surface area contributed by atoms with E-state index in [2.05, 4.69) is 51.1 Å². The average Bonchev–Trinajstić information content (AvgIpc) is 2.15. The number of hydrogen-bond donors (Lipinski definition) is 0. The van der Waals surface area contributed by atoms with Gasteiger partial charge >= 0.3 is 0 Å². The van der Waals surface area contributed by atoms with Crippen LogP contribution < -0.4 is 0 Å². The van der Waals surface area contributed by atoms with Crippen molar-refractivity contribution in [3.05, 3.63) is 41.5 Å². The van der Waals surface area contributed by atoms with Crippen molar-refractivity contribution in [2.75, 3.05) is 0 Å². The van der Waals surface area contributed by atoms with E-state index in [1.54, 1.807) is 0 Å². The van der Waals surface area contributed by atoms with Gasteiger partial charge in [-0.1, -0.05) is 51.1 Å². The van der Waals surface area contributed by atoms with Crippen LogP contribution in [0.5, 0.6) is 0 Å². The molecule has 0 unspecified atom stereocenters. The van der Waals surface area contributed by atoms with Crippen LogP contribution in [0.3, 0.4) is 0 Å². The number of rotatable bonds is 0. The van der Waals surface area contributed by atoms with E-state index in [1.165, 1.54) is 29.5 Å². The Morgan fingerprint density at radius 2 is 1.79 bits per heavy atom. The first-order chi connectivity index (χ1) is 6.59. The Hall–Kier alpha value is -1.04. The summed E-state index contributed by atoms with van der Waals surface area (Å²) in [5, 5.41) is 0. The zero-order chi connectivity index (χ0) is 10.2. The lowest BCUT2D eigenvalue weighted by Gasteiger charge is -2.28. The van der Waals surface area contributed by atoms with E-state index in [4.69, 9.17) is 0 Å². The first-order valence-corrected chi connectivity index (χ1v) is 5.38. The highest BCUT2D eigenvalue weighted by molar-refractivity contribution is 5.73. The summed E-state index contributed by atoms with van der Waals surface area (Å²) in [5.41, 5.74) is 4.77. The Bertz CT molecular complexity index is 364. The summed E-state index contributed by atoms with van der Waals surface area (Å²) in [6.07, 6.45) is 4.81. The molecule has 0 radical (unpaired) electrons. The highest BCUT2D eigenvalue weighted by Crippen LogP contribution is 2.38. The number of hydrogen-bond acceptors (Lipinski definition) is 0. The van der Waals surface area contributed by atoms with E-state index in [0.29, 0.717) is 0 Å². The molecule has 0 bridgehead atoms. The molecular weight excluding hydrogens is 168 g/mol. The van der Waals surface area contributed by atoms with Gasteiger partial charge in [-0.15, -0.1) is 0 Å². The van der Waals surface area contributed by atoms with Crippen LogP contribution in [0.25, 0.3) is 5.57 Å². The summed E-state index contributed by atoms with van der Waals surface area (Å²) >= 11 is 0. The molecule has 1 aliphatic carbocycles. The number of fused-ring (bicyclic) bond motifs is 1. The van der Waals surface area contributed by atoms with Gasteiger partial charge in [-0.3, -0.25) is 0 Å². The van der Waals surface area contributed by atoms with Crippen LogP contribution in [-0.2, 0) is 6.42 Å². The van der Waals surface area contributed by atoms with Crippen molar-refractivity contribution in [1.29, 1.82) is 0 Å². The number of aryl methyl sites for hydroxylation is 1. The number of benzene rings is 1. The minimum Gasteiger partial charge on any atom is -0.0798 e. The molecule has 0 aliphatic heterocycles. The van der Waals surface area contributed by atoms with Crippen LogP contribution in [0.15, 0.2) is 30.3 Å². The van der Waals surface area contributed by atoms with Crippen molar-refractivity contribution in [1.82, 2.24) is 0 Å². The Labute approximate surface area is 86.7 Å². The van der Waals surface area contributed by atoms with Crippen LogP contribution in [0, 0.1) is 5.41 Å². The molecule has 14 heavy (non-hydrogen) atoms.